The van der Waals surface area contributed by atoms with Gasteiger partial charge in [-0.15, -0.1) is 0 Å². The van der Waals surface area contributed by atoms with Gasteiger partial charge in [-0.3, -0.25) is 4.98 Å². The van der Waals surface area contributed by atoms with E-state index in [1.54, 1.807) is 0 Å². The average Bonchev–Trinajstić information content (AvgIpc) is 3.26. The number of pyridine rings is 1. The number of fused-ring (bicyclic) bond motifs is 3. The van der Waals surface area contributed by atoms with Crippen molar-refractivity contribution in [1.29, 1.82) is 0 Å². The molecule has 54 heavy (non-hydrogen) atoms. The summed E-state index contributed by atoms with van der Waals surface area (Å²) in [7, 11) is 0. The summed E-state index contributed by atoms with van der Waals surface area (Å²) in [6, 6.07) is 65.0. The van der Waals surface area contributed by atoms with E-state index >= 15 is 0 Å². The van der Waals surface area contributed by atoms with Crippen molar-refractivity contribution >= 4 is 43.9 Å². The summed E-state index contributed by atoms with van der Waals surface area (Å²) < 4.78 is 0. The Bertz CT molecular complexity index is 2900. The minimum Gasteiger partial charge on any atom is -0.359 e. The third-order valence-corrected chi connectivity index (χ3v) is 10.6. The molecule has 1 unspecified atom stereocenters. The molecule has 0 saturated carbocycles. The Morgan fingerprint density at radius 2 is 0.926 bits per heavy atom. The van der Waals surface area contributed by atoms with Gasteiger partial charge in [0.25, 0.3) is 0 Å². The number of hydrogen-bond acceptors (Lipinski definition) is 3. The standard InChI is InChI=1S/C51H35N3/c1-4-20-43-34(11-1)14-9-23-45(43)38-16-7-18-40(29-38)50-31-49(37-27-25-36(26-28-37)48-33-52-32-42-13-3-6-22-47(42)48)53-51(54-50)41-19-8-17-39(30-41)46-24-10-15-35-12-2-5-21-44(35)46/h1-33,50H,(H,53,54). The van der Waals surface area contributed by atoms with Crippen molar-refractivity contribution in [2.45, 2.75) is 6.04 Å². The largest absolute Gasteiger partial charge is 0.359 e. The van der Waals surface area contributed by atoms with E-state index in [-0.39, 0.29) is 6.04 Å². The highest BCUT2D eigenvalue weighted by Gasteiger charge is 2.21. The molecule has 0 radical (unpaired) electrons. The van der Waals surface area contributed by atoms with E-state index in [4.69, 9.17) is 4.99 Å². The molecule has 0 fully saturated rings. The lowest BCUT2D eigenvalue weighted by molar-refractivity contribution is 0.781. The second-order valence-corrected chi connectivity index (χ2v) is 13.9. The first-order valence-electron chi connectivity index (χ1n) is 18.4. The molecule has 2 heterocycles. The van der Waals surface area contributed by atoms with Gasteiger partial charge in [0.1, 0.15) is 5.84 Å². The normalized spacial score (nSPS) is 14.1. The van der Waals surface area contributed by atoms with Crippen LogP contribution < -0.4 is 5.32 Å². The quantitative estimate of drug-likeness (QED) is 0.189. The first-order valence-corrected chi connectivity index (χ1v) is 18.4. The number of hydrogen-bond donors (Lipinski definition) is 1. The first kappa shape index (κ1) is 31.6. The maximum Gasteiger partial charge on any atom is 0.134 e. The fraction of sp³-hybridized carbons (Fsp3) is 0.0196. The molecule has 1 aliphatic rings. The third-order valence-electron chi connectivity index (χ3n) is 10.6. The molecule has 1 atom stereocenters. The number of aliphatic imine (C=N–C) groups is 1. The van der Waals surface area contributed by atoms with Crippen LogP contribution in [-0.4, -0.2) is 10.8 Å². The molecule has 1 N–H and O–H groups in total. The lowest BCUT2D eigenvalue weighted by atomic mass is 9.93. The molecule has 0 aliphatic carbocycles. The lowest BCUT2D eigenvalue weighted by Crippen LogP contribution is -2.31. The highest BCUT2D eigenvalue weighted by Crippen LogP contribution is 2.35. The lowest BCUT2D eigenvalue weighted by Gasteiger charge is -2.25. The van der Waals surface area contributed by atoms with Gasteiger partial charge in [0.05, 0.1) is 11.7 Å². The fourth-order valence-corrected chi connectivity index (χ4v) is 7.88. The van der Waals surface area contributed by atoms with Gasteiger partial charge in [-0.05, 0) is 84.1 Å². The molecule has 1 aliphatic heterocycles. The van der Waals surface area contributed by atoms with Crippen molar-refractivity contribution < 1.29 is 0 Å². The van der Waals surface area contributed by atoms with E-state index in [2.05, 4.69) is 198 Å². The predicted molar refractivity (Wildman–Crippen MR) is 226 cm³/mol. The SMILES string of the molecule is C1=C(c2ccc(-c3cncc4ccccc34)cc2)N=C(c2cccc(-c3cccc4ccccc34)c2)NC1c1cccc(-c2cccc3ccccc23)c1. The van der Waals surface area contributed by atoms with Gasteiger partial charge < -0.3 is 5.32 Å². The fourth-order valence-electron chi connectivity index (χ4n) is 7.88. The van der Waals surface area contributed by atoms with E-state index in [0.29, 0.717) is 0 Å². The number of benzene rings is 8. The van der Waals surface area contributed by atoms with E-state index < -0.39 is 0 Å². The van der Waals surface area contributed by atoms with Crippen molar-refractivity contribution in [3.05, 3.63) is 217 Å². The predicted octanol–water partition coefficient (Wildman–Crippen LogP) is 12.7. The second kappa shape index (κ2) is 13.5. The Hall–Kier alpha value is -7.10. The van der Waals surface area contributed by atoms with Gasteiger partial charge in [-0.1, -0.05) is 170 Å². The van der Waals surface area contributed by atoms with Gasteiger partial charge in [-0.2, -0.15) is 0 Å². The summed E-state index contributed by atoms with van der Waals surface area (Å²) in [4.78, 5) is 9.86. The Balaban J connectivity index is 1.07. The maximum absolute atomic E-state index is 5.32. The van der Waals surface area contributed by atoms with Crippen molar-refractivity contribution in [2.24, 2.45) is 4.99 Å². The summed E-state index contributed by atoms with van der Waals surface area (Å²) in [5.41, 5.74) is 11.2. The smallest absolute Gasteiger partial charge is 0.134 e. The van der Waals surface area contributed by atoms with Crippen LogP contribution in [0.4, 0.5) is 0 Å². The molecule has 3 nitrogen and oxygen atoms in total. The zero-order chi connectivity index (χ0) is 35.8. The van der Waals surface area contributed by atoms with E-state index in [1.165, 1.54) is 49.2 Å². The van der Waals surface area contributed by atoms with Crippen LogP contribution in [0.25, 0.3) is 71.4 Å². The van der Waals surface area contributed by atoms with Crippen LogP contribution in [0.1, 0.15) is 22.7 Å². The highest BCUT2D eigenvalue weighted by atomic mass is 15.0. The molecule has 0 spiro atoms. The zero-order valence-corrected chi connectivity index (χ0v) is 29.5. The summed E-state index contributed by atoms with van der Waals surface area (Å²) in [6.07, 6.45) is 6.14. The monoisotopic (exact) mass is 689 g/mol. The van der Waals surface area contributed by atoms with Crippen LogP contribution in [0.15, 0.2) is 205 Å². The summed E-state index contributed by atoms with van der Waals surface area (Å²) in [5, 5.41) is 11.1. The molecule has 254 valence electrons. The molecule has 1 aromatic heterocycles. The van der Waals surface area contributed by atoms with Crippen molar-refractivity contribution in [1.82, 2.24) is 10.3 Å². The van der Waals surface area contributed by atoms with Gasteiger partial charge in [0.15, 0.2) is 0 Å². The highest BCUT2D eigenvalue weighted by molar-refractivity contribution is 6.06. The minimum atomic E-state index is -0.106. The van der Waals surface area contributed by atoms with Crippen LogP contribution in [0.3, 0.4) is 0 Å². The minimum absolute atomic E-state index is 0.106. The van der Waals surface area contributed by atoms with Crippen LogP contribution in [-0.2, 0) is 0 Å². The summed E-state index contributed by atoms with van der Waals surface area (Å²) in [6.45, 7) is 0. The first-order chi connectivity index (χ1) is 26.7. The van der Waals surface area contributed by atoms with Crippen LogP contribution in [0, 0.1) is 0 Å². The summed E-state index contributed by atoms with van der Waals surface area (Å²) >= 11 is 0. The molecule has 10 rings (SSSR count). The van der Waals surface area contributed by atoms with Gasteiger partial charge >= 0.3 is 0 Å². The van der Waals surface area contributed by atoms with E-state index in [1.807, 2.05) is 12.4 Å². The molecule has 8 aromatic carbocycles. The molecule has 9 aromatic rings. The molecule has 3 heteroatoms. The summed E-state index contributed by atoms with van der Waals surface area (Å²) in [5.74, 6) is 0.845. The van der Waals surface area contributed by atoms with Crippen LogP contribution in [0.5, 0.6) is 0 Å². The van der Waals surface area contributed by atoms with Crippen molar-refractivity contribution in [3.8, 4) is 33.4 Å². The third kappa shape index (κ3) is 5.82. The average molecular weight is 690 g/mol. The second-order valence-electron chi connectivity index (χ2n) is 13.9. The molecule has 0 saturated heterocycles. The van der Waals surface area contributed by atoms with Crippen LogP contribution >= 0.6 is 0 Å². The molecule has 0 bridgehead atoms. The molecular weight excluding hydrogens is 655 g/mol. The van der Waals surface area contributed by atoms with Gasteiger partial charge in [0, 0.05) is 28.9 Å². The van der Waals surface area contributed by atoms with Gasteiger partial charge in [0.2, 0.25) is 0 Å². The van der Waals surface area contributed by atoms with E-state index in [0.717, 1.165) is 44.7 Å². The zero-order valence-electron chi connectivity index (χ0n) is 29.5. The molecule has 0 amide bonds. The van der Waals surface area contributed by atoms with E-state index in [9.17, 15) is 0 Å². The number of nitrogens with one attached hydrogen (secondary N) is 1. The molecular formula is C51H35N3. The Morgan fingerprint density at radius 3 is 1.63 bits per heavy atom. The van der Waals surface area contributed by atoms with Gasteiger partial charge in [-0.25, -0.2) is 4.99 Å². The number of aromatic nitrogens is 1. The Morgan fingerprint density at radius 1 is 0.389 bits per heavy atom. The number of amidine groups is 1. The van der Waals surface area contributed by atoms with Crippen molar-refractivity contribution in [2.75, 3.05) is 0 Å². The Labute approximate surface area is 314 Å². The van der Waals surface area contributed by atoms with Crippen LogP contribution in [0.2, 0.25) is 0 Å². The van der Waals surface area contributed by atoms with Crippen molar-refractivity contribution in [3.63, 3.8) is 0 Å². The topological polar surface area (TPSA) is 37.3 Å². The number of rotatable bonds is 6. The maximum atomic E-state index is 5.32. The number of nitrogens with zero attached hydrogens (tertiary/aromatic N) is 2. The Kier molecular flexibility index (Phi) is 7.88.